The molecule has 1 heterocycles. The predicted octanol–water partition coefficient (Wildman–Crippen LogP) is 9.14. The summed E-state index contributed by atoms with van der Waals surface area (Å²) in [4.78, 5) is 1.39. The third kappa shape index (κ3) is 5.20. The number of aryl methyl sites for hydroxylation is 1. The maximum Gasteiger partial charge on any atom is 0.0355 e. The molecule has 0 aliphatic heterocycles. The third-order valence-electron chi connectivity index (χ3n) is 6.49. The monoisotopic (exact) mass is 402 g/mol. The van der Waals surface area contributed by atoms with E-state index in [9.17, 15) is 0 Å². The van der Waals surface area contributed by atoms with E-state index in [2.05, 4.69) is 74.5 Å². The first-order valence-corrected chi connectivity index (χ1v) is 12.4. The summed E-state index contributed by atoms with van der Waals surface area (Å²) < 4.78 is 1.39. The van der Waals surface area contributed by atoms with Crippen molar-refractivity contribution in [3.05, 3.63) is 65.0 Å². The number of hydrogen-bond acceptors (Lipinski definition) is 1. The molecule has 0 bridgehead atoms. The molecule has 1 saturated carbocycles. The largest absolute Gasteiger partial charge is 0.136 e. The highest BCUT2D eigenvalue weighted by Crippen LogP contribution is 2.34. The topological polar surface area (TPSA) is 0 Å². The Hall–Kier alpha value is -1.86. The van der Waals surface area contributed by atoms with Gasteiger partial charge in [0.25, 0.3) is 0 Å². The molecule has 0 amide bonds. The van der Waals surface area contributed by atoms with Crippen LogP contribution in [0.15, 0.2) is 54.6 Å². The summed E-state index contributed by atoms with van der Waals surface area (Å²) in [7, 11) is 0. The molecule has 0 N–H and O–H groups in total. The number of rotatable bonds is 7. The highest BCUT2D eigenvalue weighted by atomic mass is 32.1. The highest BCUT2D eigenvalue weighted by molar-refractivity contribution is 7.19. The molecule has 1 heteroatoms. The third-order valence-corrected chi connectivity index (χ3v) is 7.55. The smallest absolute Gasteiger partial charge is 0.0355 e. The van der Waals surface area contributed by atoms with Crippen LogP contribution in [0.4, 0.5) is 0 Å². The number of fused-ring (bicyclic) bond motifs is 1. The number of thiophene rings is 1. The molecule has 3 aromatic rings. The first-order chi connectivity index (χ1) is 14.2. The summed E-state index contributed by atoms with van der Waals surface area (Å²) in [5.74, 6) is 1.77. The zero-order valence-electron chi connectivity index (χ0n) is 18.0. The quantitative estimate of drug-likeness (QED) is 0.369. The van der Waals surface area contributed by atoms with Gasteiger partial charge >= 0.3 is 0 Å². The van der Waals surface area contributed by atoms with E-state index in [0.29, 0.717) is 0 Å². The van der Waals surface area contributed by atoms with Crippen molar-refractivity contribution in [3.8, 4) is 11.1 Å². The van der Waals surface area contributed by atoms with Crippen LogP contribution in [-0.4, -0.2) is 0 Å². The van der Waals surface area contributed by atoms with E-state index in [-0.39, 0.29) is 0 Å². The average molecular weight is 403 g/mol. The van der Waals surface area contributed by atoms with Crippen LogP contribution in [0, 0.1) is 11.8 Å². The van der Waals surface area contributed by atoms with Gasteiger partial charge in [0, 0.05) is 9.58 Å². The maximum absolute atomic E-state index is 2.49. The molecule has 29 heavy (non-hydrogen) atoms. The van der Waals surface area contributed by atoms with Crippen LogP contribution in [0.3, 0.4) is 0 Å². The molecule has 4 rings (SSSR count). The minimum Gasteiger partial charge on any atom is -0.136 e. The molecule has 1 aliphatic rings. The molecule has 0 saturated heterocycles. The Balaban J connectivity index is 1.44. The van der Waals surface area contributed by atoms with Crippen LogP contribution in [0.25, 0.3) is 27.3 Å². The van der Waals surface area contributed by atoms with Gasteiger partial charge in [-0.2, -0.15) is 0 Å². The first-order valence-electron chi connectivity index (χ1n) is 11.6. The Labute approximate surface area is 180 Å². The Kier molecular flexibility index (Phi) is 6.87. The minimum absolute atomic E-state index is 0.783. The Morgan fingerprint density at radius 1 is 0.862 bits per heavy atom. The van der Waals surface area contributed by atoms with Gasteiger partial charge in [0.1, 0.15) is 0 Å². The van der Waals surface area contributed by atoms with E-state index in [1.165, 1.54) is 83.0 Å². The zero-order valence-corrected chi connectivity index (χ0v) is 18.8. The fraction of sp³-hybridized carbons (Fsp3) is 0.429. The summed E-state index contributed by atoms with van der Waals surface area (Å²) in [6.07, 6.45) is 15.6. The molecule has 0 unspecified atom stereocenters. The van der Waals surface area contributed by atoms with Gasteiger partial charge in [-0.15, -0.1) is 11.3 Å². The summed E-state index contributed by atoms with van der Waals surface area (Å²) in [6, 6.07) is 18.4. The van der Waals surface area contributed by atoms with Crippen molar-refractivity contribution in [2.45, 2.75) is 65.2 Å². The molecule has 0 nitrogen and oxygen atoms in total. The van der Waals surface area contributed by atoms with Crippen molar-refractivity contribution >= 4 is 27.5 Å². The van der Waals surface area contributed by atoms with Crippen LogP contribution in [0.2, 0.25) is 0 Å². The second-order valence-electron chi connectivity index (χ2n) is 8.78. The van der Waals surface area contributed by atoms with Crippen molar-refractivity contribution in [2.24, 2.45) is 11.8 Å². The van der Waals surface area contributed by atoms with Crippen LogP contribution in [-0.2, 0) is 6.42 Å². The van der Waals surface area contributed by atoms with Crippen LogP contribution >= 0.6 is 11.3 Å². The van der Waals surface area contributed by atoms with Crippen molar-refractivity contribution < 1.29 is 0 Å². The van der Waals surface area contributed by atoms with Crippen LogP contribution < -0.4 is 0 Å². The van der Waals surface area contributed by atoms with Gasteiger partial charge in [-0.1, -0.05) is 75.6 Å². The minimum atomic E-state index is 0.783. The molecule has 0 spiro atoms. The van der Waals surface area contributed by atoms with E-state index in [1.807, 2.05) is 11.3 Å². The van der Waals surface area contributed by atoms with Crippen LogP contribution in [0.1, 0.15) is 69.2 Å². The Morgan fingerprint density at radius 3 is 2.34 bits per heavy atom. The lowest BCUT2D eigenvalue weighted by Crippen LogP contribution is -2.12. The van der Waals surface area contributed by atoms with Crippen LogP contribution in [0.5, 0.6) is 0 Å². The van der Waals surface area contributed by atoms with E-state index in [0.717, 1.165) is 11.8 Å². The lowest BCUT2D eigenvalue weighted by molar-refractivity contribution is 0.295. The fourth-order valence-corrected chi connectivity index (χ4v) is 5.79. The molecule has 0 radical (unpaired) electrons. The normalized spacial score (nSPS) is 19.9. The van der Waals surface area contributed by atoms with E-state index in [4.69, 9.17) is 0 Å². The average Bonchev–Trinajstić information content (AvgIpc) is 3.16. The number of benzene rings is 2. The summed E-state index contributed by atoms with van der Waals surface area (Å²) >= 11 is 1.93. The summed E-state index contributed by atoms with van der Waals surface area (Å²) in [5.41, 5.74) is 4.08. The molecule has 2 aromatic carbocycles. The summed E-state index contributed by atoms with van der Waals surface area (Å²) in [5, 5.41) is 1.37. The zero-order chi connectivity index (χ0) is 20.1. The number of allylic oxidation sites excluding steroid dienone is 1. The van der Waals surface area contributed by atoms with Gasteiger partial charge in [0.2, 0.25) is 0 Å². The molecule has 1 aliphatic carbocycles. The molecule has 1 aromatic heterocycles. The van der Waals surface area contributed by atoms with E-state index >= 15 is 0 Å². The van der Waals surface area contributed by atoms with Gasteiger partial charge < -0.3 is 0 Å². The molecular formula is C28H34S. The first kappa shape index (κ1) is 20.4. The molecular weight excluding hydrogens is 368 g/mol. The molecule has 152 valence electrons. The van der Waals surface area contributed by atoms with Crippen molar-refractivity contribution in [2.75, 3.05) is 0 Å². The van der Waals surface area contributed by atoms with Crippen molar-refractivity contribution in [1.82, 2.24) is 0 Å². The van der Waals surface area contributed by atoms with Crippen molar-refractivity contribution in [3.63, 3.8) is 0 Å². The second-order valence-corrected chi connectivity index (χ2v) is 9.89. The molecule has 0 atom stereocenters. The Morgan fingerprint density at radius 2 is 1.62 bits per heavy atom. The molecule has 1 fully saturated rings. The van der Waals surface area contributed by atoms with Gasteiger partial charge in [0.15, 0.2) is 0 Å². The fourth-order valence-electron chi connectivity index (χ4n) is 4.77. The van der Waals surface area contributed by atoms with E-state index < -0.39 is 0 Å². The lowest BCUT2D eigenvalue weighted by atomic mass is 9.80. The lowest BCUT2D eigenvalue weighted by Gasteiger charge is -2.26. The second kappa shape index (κ2) is 9.76. The highest BCUT2D eigenvalue weighted by Gasteiger charge is 2.18. The van der Waals surface area contributed by atoms with Gasteiger partial charge in [0.05, 0.1) is 0 Å². The Bertz CT molecular complexity index is 936. The van der Waals surface area contributed by atoms with Crippen molar-refractivity contribution in [1.29, 1.82) is 0 Å². The van der Waals surface area contributed by atoms with Gasteiger partial charge in [-0.05, 0) is 84.2 Å². The summed E-state index contributed by atoms with van der Waals surface area (Å²) in [6.45, 7) is 4.56. The predicted molar refractivity (Wildman–Crippen MR) is 131 cm³/mol. The van der Waals surface area contributed by atoms with E-state index in [1.54, 1.807) is 0 Å². The maximum atomic E-state index is 2.49. The SMILES string of the molecule is CCCc1ccc(-c2ccc3cc(/C=C/C4CCC(CCC)CC4)sc3c2)cc1. The standard InChI is InChI=1S/C28H34S/c1-3-5-21-7-9-23(10-8-21)13-18-27-19-26-17-16-25(20-28(26)29-27)24-14-11-22(6-4-2)12-15-24/h11-21,23H,3-10H2,1-2H3/b18-13+. The number of hydrogen-bond donors (Lipinski definition) is 0. The van der Waals surface area contributed by atoms with Gasteiger partial charge in [-0.25, -0.2) is 0 Å². The van der Waals surface area contributed by atoms with Gasteiger partial charge in [-0.3, -0.25) is 0 Å².